The number of ether oxygens (including phenoxy) is 5. The fraction of sp³-hybridized carbons (Fsp3) is 0.238. The van der Waals surface area contributed by atoms with E-state index in [9.17, 15) is 0 Å². The van der Waals surface area contributed by atoms with Crippen molar-refractivity contribution in [1.29, 1.82) is 0 Å². The van der Waals surface area contributed by atoms with E-state index >= 15 is 0 Å². The lowest BCUT2D eigenvalue weighted by molar-refractivity contribution is 0.324. The normalized spacial score (nSPS) is 10.4. The van der Waals surface area contributed by atoms with Crippen LogP contribution in [0.5, 0.6) is 28.7 Å². The maximum Gasteiger partial charge on any atom is 0.203 e. The molecular formula is C21H24O5. The van der Waals surface area contributed by atoms with E-state index in [0.717, 1.165) is 17.1 Å². The van der Waals surface area contributed by atoms with Gasteiger partial charge in [0, 0.05) is 6.07 Å². The summed E-state index contributed by atoms with van der Waals surface area (Å²) in [5.74, 6) is 3.27. The number of hydrogen-bond acceptors (Lipinski definition) is 5. The van der Waals surface area contributed by atoms with Crippen LogP contribution in [0.2, 0.25) is 0 Å². The third-order valence-corrected chi connectivity index (χ3v) is 3.52. The van der Waals surface area contributed by atoms with Crippen LogP contribution in [0.3, 0.4) is 0 Å². The highest BCUT2D eigenvalue weighted by molar-refractivity contribution is 5.62. The van der Waals surface area contributed by atoms with E-state index in [1.807, 2.05) is 48.6 Å². The Balaban J connectivity index is 2.01. The molecule has 0 saturated carbocycles. The van der Waals surface area contributed by atoms with Crippen molar-refractivity contribution < 1.29 is 23.7 Å². The fourth-order valence-electron chi connectivity index (χ4n) is 2.34. The molecule has 0 aliphatic heterocycles. The Labute approximate surface area is 154 Å². The van der Waals surface area contributed by atoms with E-state index in [1.54, 1.807) is 27.4 Å². The van der Waals surface area contributed by atoms with Crippen molar-refractivity contribution in [2.75, 3.05) is 34.5 Å². The van der Waals surface area contributed by atoms with Gasteiger partial charge < -0.3 is 23.7 Å². The molecular weight excluding hydrogens is 332 g/mol. The summed E-state index contributed by atoms with van der Waals surface area (Å²) in [5.41, 5.74) is 0.922. The summed E-state index contributed by atoms with van der Waals surface area (Å²) >= 11 is 0. The predicted octanol–water partition coefficient (Wildman–Crippen LogP) is 4.37. The van der Waals surface area contributed by atoms with Crippen LogP contribution in [0.1, 0.15) is 5.56 Å². The molecule has 5 heteroatoms. The van der Waals surface area contributed by atoms with Gasteiger partial charge in [-0.2, -0.15) is 0 Å². The Morgan fingerprint density at radius 1 is 0.846 bits per heavy atom. The zero-order valence-corrected chi connectivity index (χ0v) is 15.4. The molecule has 0 bridgehead atoms. The van der Waals surface area contributed by atoms with Crippen LogP contribution in [0.15, 0.2) is 55.1 Å². The molecule has 0 fully saturated rings. The smallest absolute Gasteiger partial charge is 0.203 e. The maximum absolute atomic E-state index is 5.73. The highest BCUT2D eigenvalue weighted by Gasteiger charge is 2.11. The first kappa shape index (κ1) is 19.2. The van der Waals surface area contributed by atoms with Crippen molar-refractivity contribution in [2.45, 2.75) is 0 Å². The summed E-state index contributed by atoms with van der Waals surface area (Å²) in [6.45, 7) is 4.51. The number of benzene rings is 2. The average molecular weight is 356 g/mol. The molecule has 2 aromatic carbocycles. The van der Waals surface area contributed by atoms with Crippen LogP contribution in [0, 0.1) is 0 Å². The molecule has 0 aromatic heterocycles. The molecule has 0 N–H and O–H groups in total. The van der Waals surface area contributed by atoms with Gasteiger partial charge in [-0.15, -0.1) is 0 Å². The molecule has 0 heterocycles. The monoisotopic (exact) mass is 356 g/mol. The second-order valence-corrected chi connectivity index (χ2v) is 5.25. The molecule has 26 heavy (non-hydrogen) atoms. The third kappa shape index (κ3) is 5.21. The van der Waals surface area contributed by atoms with Gasteiger partial charge in [0.25, 0.3) is 0 Å². The van der Waals surface area contributed by atoms with E-state index in [1.165, 1.54) is 0 Å². The lowest BCUT2D eigenvalue weighted by Crippen LogP contribution is -1.97. The molecule has 0 aliphatic carbocycles. The van der Waals surface area contributed by atoms with Gasteiger partial charge in [-0.1, -0.05) is 24.8 Å². The summed E-state index contributed by atoms with van der Waals surface area (Å²) in [6.07, 6.45) is 5.55. The summed E-state index contributed by atoms with van der Waals surface area (Å²) in [4.78, 5) is 0. The van der Waals surface area contributed by atoms with Gasteiger partial charge in [0.2, 0.25) is 5.75 Å². The van der Waals surface area contributed by atoms with Gasteiger partial charge in [-0.05, 0) is 35.9 Å². The quantitative estimate of drug-likeness (QED) is 0.592. The summed E-state index contributed by atoms with van der Waals surface area (Å²) in [7, 11) is 4.77. The minimum atomic E-state index is 0.418. The highest BCUT2D eigenvalue weighted by Crippen LogP contribution is 2.38. The standard InChI is InChI=1S/C21H24O5/c1-5-11-25-17-9-6-10-18(15-17)26-12-7-8-16-13-19(22-2)21(24-4)20(14-16)23-3/h5-10,13-15H,1,11-12H2,2-4H3/b8-7+. The largest absolute Gasteiger partial charge is 0.493 e. The molecule has 0 aliphatic rings. The minimum Gasteiger partial charge on any atom is -0.493 e. The molecule has 2 aromatic rings. The van der Waals surface area contributed by atoms with Gasteiger partial charge in [-0.3, -0.25) is 0 Å². The van der Waals surface area contributed by atoms with Crippen LogP contribution in [-0.4, -0.2) is 34.5 Å². The van der Waals surface area contributed by atoms with Crippen molar-refractivity contribution in [3.8, 4) is 28.7 Å². The van der Waals surface area contributed by atoms with E-state index in [4.69, 9.17) is 23.7 Å². The number of rotatable bonds is 10. The molecule has 0 amide bonds. The van der Waals surface area contributed by atoms with Crippen LogP contribution < -0.4 is 23.7 Å². The van der Waals surface area contributed by atoms with E-state index in [2.05, 4.69) is 6.58 Å². The number of hydrogen-bond donors (Lipinski definition) is 0. The minimum absolute atomic E-state index is 0.418. The molecule has 0 radical (unpaired) electrons. The molecule has 0 spiro atoms. The van der Waals surface area contributed by atoms with Crippen LogP contribution >= 0.6 is 0 Å². The molecule has 0 saturated heterocycles. The van der Waals surface area contributed by atoms with Crippen LogP contribution in [0.4, 0.5) is 0 Å². The number of methoxy groups -OCH3 is 3. The predicted molar refractivity (Wildman–Crippen MR) is 103 cm³/mol. The first-order chi connectivity index (χ1) is 12.7. The highest BCUT2D eigenvalue weighted by atomic mass is 16.5. The van der Waals surface area contributed by atoms with Crippen LogP contribution in [0.25, 0.3) is 6.08 Å². The second kappa shape index (κ2) is 10.0. The second-order valence-electron chi connectivity index (χ2n) is 5.25. The van der Waals surface area contributed by atoms with Crippen molar-refractivity contribution >= 4 is 6.08 Å². The zero-order valence-electron chi connectivity index (χ0n) is 15.4. The maximum atomic E-state index is 5.73. The Morgan fingerprint density at radius 2 is 1.46 bits per heavy atom. The first-order valence-corrected chi connectivity index (χ1v) is 8.15. The summed E-state index contributed by atoms with van der Waals surface area (Å²) in [5, 5.41) is 0. The molecule has 0 atom stereocenters. The lowest BCUT2D eigenvalue weighted by atomic mass is 10.1. The lowest BCUT2D eigenvalue weighted by Gasteiger charge is -2.12. The fourth-order valence-corrected chi connectivity index (χ4v) is 2.34. The molecule has 5 nitrogen and oxygen atoms in total. The van der Waals surface area contributed by atoms with E-state index in [0.29, 0.717) is 30.5 Å². The summed E-state index contributed by atoms with van der Waals surface area (Å²) in [6, 6.07) is 11.2. The van der Waals surface area contributed by atoms with Gasteiger partial charge in [0.05, 0.1) is 21.3 Å². The van der Waals surface area contributed by atoms with E-state index < -0.39 is 0 Å². The Morgan fingerprint density at radius 3 is 2.00 bits per heavy atom. The molecule has 0 unspecified atom stereocenters. The third-order valence-electron chi connectivity index (χ3n) is 3.52. The van der Waals surface area contributed by atoms with Gasteiger partial charge in [0.1, 0.15) is 24.7 Å². The topological polar surface area (TPSA) is 46.2 Å². The van der Waals surface area contributed by atoms with Crippen molar-refractivity contribution in [2.24, 2.45) is 0 Å². The Hall–Kier alpha value is -3.08. The summed E-state index contributed by atoms with van der Waals surface area (Å²) < 4.78 is 27.2. The average Bonchev–Trinajstić information content (AvgIpc) is 2.69. The van der Waals surface area contributed by atoms with Crippen molar-refractivity contribution in [3.63, 3.8) is 0 Å². The van der Waals surface area contributed by atoms with Crippen molar-refractivity contribution in [1.82, 2.24) is 0 Å². The van der Waals surface area contributed by atoms with Crippen LogP contribution in [-0.2, 0) is 0 Å². The van der Waals surface area contributed by atoms with Gasteiger partial charge in [0.15, 0.2) is 11.5 Å². The Bertz CT molecular complexity index is 727. The Kier molecular flexibility index (Phi) is 7.43. The zero-order chi connectivity index (χ0) is 18.8. The van der Waals surface area contributed by atoms with E-state index in [-0.39, 0.29) is 0 Å². The van der Waals surface area contributed by atoms with Crippen molar-refractivity contribution in [3.05, 3.63) is 60.7 Å². The first-order valence-electron chi connectivity index (χ1n) is 8.15. The van der Waals surface area contributed by atoms with Gasteiger partial charge >= 0.3 is 0 Å². The molecule has 2 rings (SSSR count). The van der Waals surface area contributed by atoms with Gasteiger partial charge in [-0.25, -0.2) is 0 Å². The molecule has 138 valence electrons. The SMILES string of the molecule is C=CCOc1cccc(OC/C=C/c2cc(OC)c(OC)c(OC)c2)c1.